The minimum atomic E-state index is -0.280. The van der Waals surface area contributed by atoms with Gasteiger partial charge in [0, 0.05) is 35.7 Å². The molecule has 2 aromatic rings. The highest BCUT2D eigenvalue weighted by atomic mass is 16.5. The number of hydrogen-bond donors (Lipinski definition) is 1. The zero-order chi connectivity index (χ0) is 28.9. The van der Waals surface area contributed by atoms with E-state index in [2.05, 4.69) is 29.9 Å². The minimum absolute atomic E-state index is 0.0416. The van der Waals surface area contributed by atoms with Crippen molar-refractivity contribution in [1.29, 1.82) is 0 Å². The number of anilines is 1. The molecule has 1 aromatic heterocycles. The van der Waals surface area contributed by atoms with Gasteiger partial charge in [-0.3, -0.25) is 4.79 Å². The van der Waals surface area contributed by atoms with Crippen molar-refractivity contribution < 1.29 is 19.2 Å². The summed E-state index contributed by atoms with van der Waals surface area (Å²) >= 11 is 0. The molecule has 1 aromatic carbocycles. The van der Waals surface area contributed by atoms with Crippen LogP contribution < -0.4 is 4.90 Å². The molecule has 0 unspecified atom stereocenters. The molecule has 3 fully saturated rings. The van der Waals surface area contributed by atoms with Crippen molar-refractivity contribution in [3.05, 3.63) is 71.7 Å². The number of nitrogens with zero attached hydrogens (tertiary/aromatic N) is 2. The van der Waals surface area contributed by atoms with Gasteiger partial charge in [0.15, 0.2) is 5.76 Å². The topological polar surface area (TPSA) is 75.8 Å². The molecule has 3 saturated carbocycles. The lowest BCUT2D eigenvalue weighted by Crippen LogP contribution is -2.42. The SMILES string of the molecule is C=C(/C=C\C(OC)=C(C)C)[C@H]1CC[C@H](CN(c2cccc(-c3cc(C4CC4)no3)c2)C(=O)[C@H]2CC[C@H](O)CC2)CC1. The largest absolute Gasteiger partial charge is 0.497 e. The Hall–Kier alpha value is -3.12. The van der Waals surface area contributed by atoms with Gasteiger partial charge in [-0.05, 0) is 114 Å². The van der Waals surface area contributed by atoms with Gasteiger partial charge >= 0.3 is 0 Å². The van der Waals surface area contributed by atoms with Crippen LogP contribution in [0.1, 0.15) is 89.7 Å². The van der Waals surface area contributed by atoms with Gasteiger partial charge in [0.25, 0.3) is 0 Å². The van der Waals surface area contributed by atoms with E-state index in [0.717, 1.165) is 78.1 Å². The molecule has 1 N–H and O–H groups in total. The van der Waals surface area contributed by atoms with Gasteiger partial charge in [0.05, 0.1) is 18.9 Å². The van der Waals surface area contributed by atoms with E-state index in [1.54, 1.807) is 7.11 Å². The maximum atomic E-state index is 14.0. The molecular formula is C35H46N2O4. The number of amides is 1. The quantitative estimate of drug-likeness (QED) is 0.236. The molecule has 3 aliphatic rings. The molecule has 6 heteroatoms. The molecule has 0 atom stereocenters. The first-order chi connectivity index (χ1) is 19.8. The molecule has 0 saturated heterocycles. The fourth-order valence-corrected chi connectivity index (χ4v) is 6.42. The number of hydrogen-bond acceptors (Lipinski definition) is 5. The summed E-state index contributed by atoms with van der Waals surface area (Å²) in [6, 6.07) is 10.2. The van der Waals surface area contributed by atoms with Crippen LogP contribution in [-0.2, 0) is 9.53 Å². The van der Waals surface area contributed by atoms with Gasteiger partial charge in [-0.25, -0.2) is 0 Å². The second-order valence-corrected chi connectivity index (χ2v) is 12.6. The number of allylic oxidation sites excluding steroid dienone is 4. The van der Waals surface area contributed by atoms with E-state index in [0.29, 0.717) is 37.1 Å². The second-order valence-electron chi connectivity index (χ2n) is 12.6. The molecule has 1 heterocycles. The molecule has 0 spiro atoms. The number of aliphatic hydroxyl groups excluding tert-OH is 1. The average Bonchev–Trinajstić information content (AvgIpc) is 3.72. The molecule has 0 aliphatic heterocycles. The van der Waals surface area contributed by atoms with E-state index in [1.807, 2.05) is 43.0 Å². The van der Waals surface area contributed by atoms with E-state index >= 15 is 0 Å². The maximum Gasteiger partial charge on any atom is 0.230 e. The smallest absolute Gasteiger partial charge is 0.230 e. The minimum Gasteiger partial charge on any atom is -0.497 e. The lowest BCUT2D eigenvalue weighted by Gasteiger charge is -2.36. The summed E-state index contributed by atoms with van der Waals surface area (Å²) in [5.74, 6) is 3.22. The Labute approximate surface area is 245 Å². The summed E-state index contributed by atoms with van der Waals surface area (Å²) in [6.45, 7) is 9.17. The third-order valence-corrected chi connectivity index (χ3v) is 9.25. The molecule has 3 aliphatic carbocycles. The molecule has 5 rings (SSSR count). The maximum absolute atomic E-state index is 14.0. The Balaban J connectivity index is 1.29. The first kappa shape index (κ1) is 29.4. The predicted octanol–water partition coefficient (Wildman–Crippen LogP) is 7.96. The lowest BCUT2D eigenvalue weighted by molar-refractivity contribution is -0.124. The number of carbonyl (C=O) groups excluding carboxylic acids is 1. The van der Waals surface area contributed by atoms with Gasteiger partial charge in [0.2, 0.25) is 5.91 Å². The third-order valence-electron chi connectivity index (χ3n) is 9.25. The molecule has 6 nitrogen and oxygen atoms in total. The molecule has 220 valence electrons. The van der Waals surface area contributed by atoms with Crippen LogP contribution in [0.2, 0.25) is 0 Å². The molecule has 1 amide bonds. The van der Waals surface area contributed by atoms with Crippen LogP contribution in [0.3, 0.4) is 0 Å². The highest BCUT2D eigenvalue weighted by Gasteiger charge is 2.33. The summed E-state index contributed by atoms with van der Waals surface area (Å²) in [5.41, 5.74) is 5.21. The van der Waals surface area contributed by atoms with Crippen LogP contribution >= 0.6 is 0 Å². The van der Waals surface area contributed by atoms with Crippen molar-refractivity contribution >= 4 is 11.6 Å². The van der Waals surface area contributed by atoms with E-state index in [4.69, 9.17) is 9.26 Å². The highest BCUT2D eigenvalue weighted by molar-refractivity contribution is 5.95. The standard InChI is InChI=1S/C35H46N2O4/c1-23(2)33(40-4)19-8-24(3)26-11-9-25(10-12-26)22-37(35(39)28-15-17-31(38)18-16-28)30-7-5-6-29(20-30)34-21-32(36-41-34)27-13-14-27/h5-8,19-21,25-28,31,38H,3,9-18,22H2,1-2,4H3/b19-8-/t25-,26-,28-,31-. The van der Waals surface area contributed by atoms with Crippen LogP contribution in [0.5, 0.6) is 0 Å². The Morgan fingerprint density at radius 2 is 1.73 bits per heavy atom. The van der Waals surface area contributed by atoms with Crippen molar-refractivity contribution in [3.63, 3.8) is 0 Å². The highest BCUT2D eigenvalue weighted by Crippen LogP contribution is 2.41. The van der Waals surface area contributed by atoms with E-state index in [1.165, 1.54) is 12.8 Å². The van der Waals surface area contributed by atoms with Crippen LogP contribution in [0.15, 0.2) is 70.5 Å². The number of carbonyl (C=O) groups is 1. The summed E-state index contributed by atoms with van der Waals surface area (Å²) in [4.78, 5) is 16.0. The Kier molecular flexibility index (Phi) is 9.49. The van der Waals surface area contributed by atoms with E-state index in [-0.39, 0.29) is 17.9 Å². The zero-order valence-corrected chi connectivity index (χ0v) is 25.0. The van der Waals surface area contributed by atoms with Crippen LogP contribution in [0.4, 0.5) is 5.69 Å². The Morgan fingerprint density at radius 1 is 1.02 bits per heavy atom. The zero-order valence-electron chi connectivity index (χ0n) is 25.0. The van der Waals surface area contributed by atoms with Gasteiger partial charge in [-0.15, -0.1) is 0 Å². The van der Waals surface area contributed by atoms with E-state index in [9.17, 15) is 9.90 Å². The Bertz CT molecular complexity index is 1270. The number of benzene rings is 1. The summed E-state index contributed by atoms with van der Waals surface area (Å²) in [6.07, 6.45) is 13.4. The van der Waals surface area contributed by atoms with E-state index < -0.39 is 0 Å². The van der Waals surface area contributed by atoms with Gasteiger partial charge < -0.3 is 19.3 Å². The monoisotopic (exact) mass is 558 g/mol. The number of methoxy groups -OCH3 is 1. The first-order valence-electron chi connectivity index (χ1n) is 15.5. The summed E-state index contributed by atoms with van der Waals surface area (Å²) in [5, 5.41) is 14.3. The number of aromatic nitrogens is 1. The van der Waals surface area contributed by atoms with Gasteiger partial charge in [0.1, 0.15) is 5.76 Å². The second kappa shape index (κ2) is 13.2. The molecule has 0 bridgehead atoms. The third kappa shape index (κ3) is 7.40. The van der Waals surface area contributed by atoms with Crippen molar-refractivity contribution in [2.75, 3.05) is 18.6 Å². The van der Waals surface area contributed by atoms with Crippen LogP contribution in [-0.4, -0.2) is 35.9 Å². The van der Waals surface area contributed by atoms with Gasteiger partial charge in [-0.1, -0.05) is 35.5 Å². The predicted molar refractivity (Wildman–Crippen MR) is 163 cm³/mol. The average molecular weight is 559 g/mol. The summed E-state index contributed by atoms with van der Waals surface area (Å²) < 4.78 is 11.2. The Morgan fingerprint density at radius 3 is 2.39 bits per heavy atom. The van der Waals surface area contributed by atoms with Crippen LogP contribution in [0, 0.1) is 17.8 Å². The summed E-state index contributed by atoms with van der Waals surface area (Å²) in [7, 11) is 1.70. The van der Waals surface area contributed by atoms with Gasteiger partial charge in [-0.2, -0.15) is 0 Å². The number of ether oxygens (including phenoxy) is 1. The lowest BCUT2D eigenvalue weighted by atomic mass is 9.78. The molecular weight excluding hydrogens is 512 g/mol. The normalized spacial score (nSPS) is 24.7. The van der Waals surface area contributed by atoms with Crippen molar-refractivity contribution in [1.82, 2.24) is 5.16 Å². The molecule has 41 heavy (non-hydrogen) atoms. The van der Waals surface area contributed by atoms with Crippen molar-refractivity contribution in [2.24, 2.45) is 17.8 Å². The fraction of sp³-hybridized carbons (Fsp3) is 0.543. The number of rotatable bonds is 10. The van der Waals surface area contributed by atoms with Crippen molar-refractivity contribution in [3.8, 4) is 11.3 Å². The van der Waals surface area contributed by atoms with Crippen molar-refractivity contribution in [2.45, 2.75) is 90.1 Å². The fourth-order valence-electron chi connectivity index (χ4n) is 6.42. The first-order valence-corrected chi connectivity index (χ1v) is 15.5. The molecule has 0 radical (unpaired) electrons. The van der Waals surface area contributed by atoms with Crippen LogP contribution in [0.25, 0.3) is 11.3 Å². The number of aliphatic hydroxyl groups is 1.